The molecule has 1 N–H and O–H groups in total. The second-order valence-electron chi connectivity index (χ2n) is 14.3. The molecule has 0 spiro atoms. The van der Waals surface area contributed by atoms with Gasteiger partial charge >= 0.3 is 0 Å². The highest BCUT2D eigenvalue weighted by Crippen LogP contribution is 2.40. The standard InChI is InChI=1S/C51H35N5/c1-4-16-34(17-5-1)49-52-50(35-18-6-2-7-19-35)54-51(53-49)56-44-27-12-10-24-41(44)43-33-37(30-31-46(43)56)36-20-14-21-38(32-36)40-26-15-29-47-48(40)42-25-11-13-28-45(42)55(47)39-22-8-3-9-23-39/h1-33,49H,(H,52,53,54). The van der Waals surface area contributed by atoms with Crippen molar-refractivity contribution in [3.05, 3.63) is 211 Å². The number of fused-ring (bicyclic) bond motifs is 6. The summed E-state index contributed by atoms with van der Waals surface area (Å²) in [5.74, 6) is 1.45. The zero-order valence-electron chi connectivity index (χ0n) is 30.4. The first kappa shape index (κ1) is 32.0. The number of aliphatic imine (C=N–C) groups is 2. The highest BCUT2D eigenvalue weighted by molar-refractivity contribution is 6.18. The van der Waals surface area contributed by atoms with Gasteiger partial charge in [-0.25, -0.2) is 4.99 Å². The largest absolute Gasteiger partial charge is 0.330 e. The van der Waals surface area contributed by atoms with E-state index in [-0.39, 0.29) is 6.17 Å². The molecule has 0 radical (unpaired) electrons. The van der Waals surface area contributed by atoms with E-state index in [1.54, 1.807) is 0 Å². The Hall–Kier alpha value is -7.50. The smallest absolute Gasteiger partial charge is 0.211 e. The number of aromatic nitrogens is 2. The van der Waals surface area contributed by atoms with Crippen molar-refractivity contribution in [1.82, 2.24) is 14.5 Å². The topological polar surface area (TPSA) is 46.6 Å². The molecule has 3 heterocycles. The predicted octanol–water partition coefficient (Wildman–Crippen LogP) is 12.2. The molecular weight excluding hydrogens is 683 g/mol. The van der Waals surface area contributed by atoms with Crippen LogP contribution in [0, 0.1) is 0 Å². The van der Waals surface area contributed by atoms with Crippen LogP contribution in [0.25, 0.3) is 71.6 Å². The zero-order chi connectivity index (χ0) is 37.0. The normalized spacial score (nSPS) is 14.2. The van der Waals surface area contributed by atoms with E-state index in [2.05, 4.69) is 190 Å². The minimum Gasteiger partial charge on any atom is -0.330 e. The van der Waals surface area contributed by atoms with Crippen LogP contribution in [0.1, 0.15) is 17.3 Å². The number of hydrogen-bond acceptors (Lipinski definition) is 3. The van der Waals surface area contributed by atoms with Crippen molar-refractivity contribution in [2.45, 2.75) is 6.17 Å². The minimum atomic E-state index is -0.289. The van der Waals surface area contributed by atoms with E-state index < -0.39 is 0 Å². The van der Waals surface area contributed by atoms with Crippen molar-refractivity contribution in [3.63, 3.8) is 0 Å². The molecule has 0 amide bonds. The van der Waals surface area contributed by atoms with E-state index in [4.69, 9.17) is 9.98 Å². The molecule has 0 aliphatic carbocycles. The number of rotatable bonds is 5. The Kier molecular flexibility index (Phi) is 7.49. The minimum absolute atomic E-state index is 0.289. The fraction of sp³-hybridized carbons (Fsp3) is 0.0196. The highest BCUT2D eigenvalue weighted by Gasteiger charge is 2.24. The van der Waals surface area contributed by atoms with Gasteiger partial charge in [-0.1, -0.05) is 152 Å². The van der Waals surface area contributed by atoms with Gasteiger partial charge in [-0.15, -0.1) is 0 Å². The summed E-state index contributed by atoms with van der Waals surface area (Å²) in [6.07, 6.45) is -0.289. The quantitative estimate of drug-likeness (QED) is 0.189. The summed E-state index contributed by atoms with van der Waals surface area (Å²) >= 11 is 0. The zero-order valence-corrected chi connectivity index (χ0v) is 30.4. The number of hydrogen-bond donors (Lipinski definition) is 1. The lowest BCUT2D eigenvalue weighted by molar-refractivity contribution is 0.661. The maximum atomic E-state index is 5.18. The van der Waals surface area contributed by atoms with Gasteiger partial charge in [0.25, 0.3) is 0 Å². The van der Waals surface area contributed by atoms with Crippen molar-refractivity contribution in [1.29, 1.82) is 0 Å². The molecule has 0 saturated heterocycles. The third kappa shape index (κ3) is 5.24. The van der Waals surface area contributed by atoms with Gasteiger partial charge in [-0.05, 0) is 76.3 Å². The van der Waals surface area contributed by atoms with Gasteiger partial charge in [0.15, 0.2) is 5.84 Å². The number of amidine groups is 1. The molecule has 5 nitrogen and oxygen atoms in total. The maximum Gasteiger partial charge on any atom is 0.211 e. The van der Waals surface area contributed by atoms with Crippen LogP contribution >= 0.6 is 0 Å². The molecule has 11 rings (SSSR count). The molecule has 264 valence electrons. The summed E-state index contributed by atoms with van der Waals surface area (Å²) in [6.45, 7) is 0. The molecule has 5 heteroatoms. The molecule has 10 aromatic rings. The highest BCUT2D eigenvalue weighted by atomic mass is 15.3. The Labute approximate surface area is 324 Å². The van der Waals surface area contributed by atoms with Crippen molar-refractivity contribution in [3.8, 4) is 27.9 Å². The van der Waals surface area contributed by atoms with Crippen LogP contribution in [0.2, 0.25) is 0 Å². The molecule has 0 saturated carbocycles. The average molecular weight is 718 g/mol. The Balaban J connectivity index is 1.05. The van der Waals surface area contributed by atoms with Crippen LogP contribution < -0.4 is 5.32 Å². The van der Waals surface area contributed by atoms with Crippen molar-refractivity contribution in [2.24, 2.45) is 9.98 Å². The lowest BCUT2D eigenvalue weighted by atomic mass is 9.95. The van der Waals surface area contributed by atoms with E-state index in [1.165, 1.54) is 49.3 Å². The Morgan fingerprint density at radius 3 is 1.80 bits per heavy atom. The number of para-hydroxylation sites is 3. The van der Waals surface area contributed by atoms with E-state index in [0.717, 1.165) is 39.4 Å². The van der Waals surface area contributed by atoms with Crippen LogP contribution in [-0.4, -0.2) is 20.9 Å². The number of benzene rings is 8. The third-order valence-electron chi connectivity index (χ3n) is 11.0. The third-order valence-corrected chi connectivity index (χ3v) is 11.0. The lowest BCUT2D eigenvalue weighted by Crippen LogP contribution is -2.37. The summed E-state index contributed by atoms with van der Waals surface area (Å²) in [6, 6.07) is 71.1. The summed E-state index contributed by atoms with van der Waals surface area (Å²) < 4.78 is 4.63. The molecule has 1 atom stereocenters. The summed E-state index contributed by atoms with van der Waals surface area (Å²) in [4.78, 5) is 10.3. The first-order valence-corrected chi connectivity index (χ1v) is 19.0. The number of nitrogens with zero attached hydrogens (tertiary/aromatic N) is 4. The molecule has 1 aliphatic rings. The second kappa shape index (κ2) is 13.1. The van der Waals surface area contributed by atoms with Gasteiger partial charge in [0.1, 0.15) is 6.17 Å². The Morgan fingerprint density at radius 1 is 0.411 bits per heavy atom. The van der Waals surface area contributed by atoms with Gasteiger partial charge in [-0.3, -0.25) is 4.57 Å². The van der Waals surface area contributed by atoms with Crippen LogP contribution in [0.5, 0.6) is 0 Å². The predicted molar refractivity (Wildman–Crippen MR) is 233 cm³/mol. The average Bonchev–Trinajstić information content (AvgIpc) is 3.80. The van der Waals surface area contributed by atoms with E-state index in [1.807, 2.05) is 24.3 Å². The van der Waals surface area contributed by atoms with Gasteiger partial charge in [0.2, 0.25) is 5.96 Å². The Bertz CT molecular complexity index is 3150. The molecule has 1 aliphatic heterocycles. The van der Waals surface area contributed by atoms with Crippen molar-refractivity contribution in [2.75, 3.05) is 0 Å². The monoisotopic (exact) mass is 717 g/mol. The van der Waals surface area contributed by atoms with Crippen LogP contribution in [-0.2, 0) is 0 Å². The SMILES string of the molecule is c1ccc(C2=NC(c3ccccc3)NC(n3c4ccccc4c4cc(-c5cccc(-c6cccc7c6c6ccccc6n7-c6ccccc6)c5)ccc43)=N2)cc1. The maximum absolute atomic E-state index is 5.18. The van der Waals surface area contributed by atoms with Crippen LogP contribution in [0.4, 0.5) is 0 Å². The van der Waals surface area contributed by atoms with Crippen LogP contribution in [0.15, 0.2) is 210 Å². The first-order valence-electron chi connectivity index (χ1n) is 19.0. The second-order valence-corrected chi connectivity index (χ2v) is 14.3. The Morgan fingerprint density at radius 2 is 1.00 bits per heavy atom. The molecule has 2 aromatic heterocycles. The molecule has 0 bridgehead atoms. The first-order chi connectivity index (χ1) is 27.8. The fourth-order valence-corrected chi connectivity index (χ4v) is 8.43. The molecule has 56 heavy (non-hydrogen) atoms. The van der Waals surface area contributed by atoms with Gasteiger partial charge in [0.05, 0.1) is 22.1 Å². The van der Waals surface area contributed by atoms with Gasteiger partial charge < -0.3 is 9.88 Å². The van der Waals surface area contributed by atoms with Gasteiger partial charge in [-0.2, -0.15) is 4.99 Å². The van der Waals surface area contributed by atoms with E-state index in [0.29, 0.717) is 5.84 Å². The fourth-order valence-electron chi connectivity index (χ4n) is 8.43. The van der Waals surface area contributed by atoms with Gasteiger partial charge in [0, 0.05) is 32.8 Å². The van der Waals surface area contributed by atoms with Crippen LogP contribution in [0.3, 0.4) is 0 Å². The summed E-state index contributed by atoms with van der Waals surface area (Å²) in [5.41, 5.74) is 12.5. The lowest BCUT2D eigenvalue weighted by Gasteiger charge is -2.24. The van der Waals surface area contributed by atoms with Crippen molar-refractivity contribution >= 4 is 55.4 Å². The molecule has 8 aromatic carbocycles. The molecule has 1 unspecified atom stereocenters. The van der Waals surface area contributed by atoms with E-state index in [9.17, 15) is 0 Å². The number of nitrogens with one attached hydrogen (secondary N) is 1. The molecule has 0 fully saturated rings. The van der Waals surface area contributed by atoms with Crippen molar-refractivity contribution < 1.29 is 0 Å². The summed E-state index contributed by atoms with van der Waals surface area (Å²) in [7, 11) is 0. The summed E-state index contributed by atoms with van der Waals surface area (Å²) in [5, 5.41) is 8.53. The van der Waals surface area contributed by atoms with E-state index >= 15 is 0 Å². The molecular formula is C51H35N5.